The van der Waals surface area contributed by atoms with Gasteiger partial charge in [-0.3, -0.25) is 4.79 Å². The van der Waals surface area contributed by atoms with Gasteiger partial charge in [-0.2, -0.15) is 0 Å². The number of carbonyl (C=O) groups is 1. The Morgan fingerprint density at radius 3 is 2.60 bits per heavy atom. The molecule has 3 heteroatoms. The minimum Gasteiger partial charge on any atom is -0.508 e. The molecule has 1 aliphatic heterocycles. The molecule has 1 saturated heterocycles. The van der Waals surface area contributed by atoms with E-state index >= 15 is 0 Å². The van der Waals surface area contributed by atoms with Crippen LogP contribution in [0.5, 0.6) is 5.75 Å². The fraction of sp³-hybridized carbons (Fsp3) is 0.417. The summed E-state index contributed by atoms with van der Waals surface area (Å²) < 4.78 is 5.58. The second kappa shape index (κ2) is 4.03. The van der Waals surface area contributed by atoms with Crippen molar-refractivity contribution in [1.29, 1.82) is 0 Å². The summed E-state index contributed by atoms with van der Waals surface area (Å²) in [6, 6.07) is 6.81. The molecular weight excluding hydrogens is 192 g/mol. The fourth-order valence-corrected chi connectivity index (χ4v) is 1.70. The highest BCUT2D eigenvalue weighted by Gasteiger charge is 2.26. The maximum Gasteiger partial charge on any atom is 0.140 e. The topological polar surface area (TPSA) is 46.5 Å². The lowest BCUT2D eigenvalue weighted by Crippen LogP contribution is -2.27. The summed E-state index contributed by atoms with van der Waals surface area (Å²) >= 11 is 0. The number of hydrogen-bond donors (Lipinski definition) is 1. The van der Waals surface area contributed by atoms with E-state index in [1.165, 1.54) is 0 Å². The van der Waals surface area contributed by atoms with Crippen LogP contribution in [-0.4, -0.2) is 17.5 Å². The van der Waals surface area contributed by atoms with Crippen LogP contribution in [0.25, 0.3) is 0 Å². The Labute approximate surface area is 88.7 Å². The summed E-state index contributed by atoms with van der Waals surface area (Å²) in [7, 11) is 0. The van der Waals surface area contributed by atoms with Crippen LogP contribution in [-0.2, 0) is 9.53 Å². The molecule has 15 heavy (non-hydrogen) atoms. The van der Waals surface area contributed by atoms with Crippen LogP contribution >= 0.6 is 0 Å². The van der Waals surface area contributed by atoms with Gasteiger partial charge in [-0.1, -0.05) is 19.1 Å². The van der Waals surface area contributed by atoms with Crippen molar-refractivity contribution in [3.8, 4) is 5.75 Å². The maximum absolute atomic E-state index is 11.5. The van der Waals surface area contributed by atoms with Gasteiger partial charge >= 0.3 is 0 Å². The fourth-order valence-electron chi connectivity index (χ4n) is 1.70. The monoisotopic (exact) mass is 206 g/mol. The van der Waals surface area contributed by atoms with Crippen LogP contribution in [0, 0.1) is 5.92 Å². The van der Waals surface area contributed by atoms with Crippen LogP contribution in [0.2, 0.25) is 0 Å². The lowest BCUT2D eigenvalue weighted by Gasteiger charge is -2.26. The van der Waals surface area contributed by atoms with E-state index in [1.807, 2.05) is 6.92 Å². The third-order valence-electron chi connectivity index (χ3n) is 2.75. The number of rotatable bonds is 1. The van der Waals surface area contributed by atoms with Gasteiger partial charge in [-0.15, -0.1) is 0 Å². The van der Waals surface area contributed by atoms with E-state index in [2.05, 4.69) is 0 Å². The number of aromatic hydroxyl groups is 1. The van der Waals surface area contributed by atoms with Crippen LogP contribution in [0.15, 0.2) is 24.3 Å². The summed E-state index contributed by atoms with van der Waals surface area (Å²) in [5.41, 5.74) is 0.952. The van der Waals surface area contributed by atoms with Crippen molar-refractivity contribution < 1.29 is 14.6 Å². The standard InChI is InChI=1S/C12H14O3/c1-8-7-15-12(6-11(8)14)9-2-4-10(13)5-3-9/h2-5,8,12-13H,6-7H2,1H3. The molecule has 0 aliphatic carbocycles. The Bertz CT molecular complexity index is 356. The quantitative estimate of drug-likeness (QED) is 0.765. The smallest absolute Gasteiger partial charge is 0.140 e. The molecule has 1 heterocycles. The first-order valence-corrected chi connectivity index (χ1v) is 5.10. The van der Waals surface area contributed by atoms with Crippen molar-refractivity contribution in [1.82, 2.24) is 0 Å². The highest BCUT2D eigenvalue weighted by Crippen LogP contribution is 2.28. The number of ketones is 1. The van der Waals surface area contributed by atoms with E-state index in [1.54, 1.807) is 24.3 Å². The van der Waals surface area contributed by atoms with Crippen molar-refractivity contribution >= 4 is 5.78 Å². The molecule has 0 amide bonds. The highest BCUT2D eigenvalue weighted by molar-refractivity contribution is 5.82. The van der Waals surface area contributed by atoms with E-state index in [0.717, 1.165) is 5.56 Å². The maximum atomic E-state index is 11.5. The molecule has 3 nitrogen and oxygen atoms in total. The Morgan fingerprint density at radius 2 is 2.00 bits per heavy atom. The molecule has 1 N–H and O–H groups in total. The van der Waals surface area contributed by atoms with E-state index in [0.29, 0.717) is 13.0 Å². The molecule has 1 aromatic carbocycles. The highest BCUT2D eigenvalue weighted by atomic mass is 16.5. The Balaban J connectivity index is 2.12. The van der Waals surface area contributed by atoms with Gasteiger partial charge in [0.2, 0.25) is 0 Å². The average Bonchev–Trinajstić information content (AvgIpc) is 2.23. The van der Waals surface area contributed by atoms with Gasteiger partial charge in [0.25, 0.3) is 0 Å². The Hall–Kier alpha value is -1.35. The number of carbonyl (C=O) groups excluding carboxylic acids is 1. The SMILES string of the molecule is CC1COC(c2ccc(O)cc2)CC1=O. The summed E-state index contributed by atoms with van der Waals surface area (Å²) in [6.45, 7) is 2.37. The number of phenolic OH excluding ortho intramolecular Hbond substituents is 1. The first-order chi connectivity index (χ1) is 7.16. The summed E-state index contributed by atoms with van der Waals surface area (Å²) in [5.74, 6) is 0.493. The van der Waals surface area contributed by atoms with Crippen molar-refractivity contribution in [2.45, 2.75) is 19.4 Å². The second-order valence-corrected chi connectivity index (χ2v) is 3.98. The van der Waals surface area contributed by atoms with Crippen LogP contribution in [0.1, 0.15) is 25.0 Å². The zero-order chi connectivity index (χ0) is 10.8. The van der Waals surface area contributed by atoms with Gasteiger partial charge in [0.1, 0.15) is 11.5 Å². The van der Waals surface area contributed by atoms with Gasteiger partial charge in [0.15, 0.2) is 0 Å². The Kier molecular flexibility index (Phi) is 2.73. The number of phenols is 1. The number of hydrogen-bond acceptors (Lipinski definition) is 3. The molecule has 1 fully saturated rings. The number of ether oxygens (including phenoxy) is 1. The molecule has 80 valence electrons. The molecule has 1 aliphatic rings. The van der Waals surface area contributed by atoms with Gasteiger partial charge in [0.05, 0.1) is 12.7 Å². The summed E-state index contributed by atoms with van der Waals surface area (Å²) in [6.07, 6.45) is 0.292. The zero-order valence-electron chi connectivity index (χ0n) is 8.64. The summed E-state index contributed by atoms with van der Waals surface area (Å²) in [5, 5.41) is 9.14. The predicted molar refractivity (Wildman–Crippen MR) is 55.6 cm³/mol. The largest absolute Gasteiger partial charge is 0.508 e. The van der Waals surface area contributed by atoms with Crippen LogP contribution < -0.4 is 0 Å². The predicted octanol–water partition coefficient (Wildman–Crippen LogP) is 2.06. The normalized spacial score (nSPS) is 26.6. The van der Waals surface area contributed by atoms with Gasteiger partial charge in [-0.05, 0) is 17.7 Å². The third kappa shape index (κ3) is 2.18. The van der Waals surface area contributed by atoms with Gasteiger partial charge in [-0.25, -0.2) is 0 Å². The number of Topliss-reactive ketones (excluding diaryl/α,β-unsaturated/α-hetero) is 1. The molecule has 0 saturated carbocycles. The molecule has 0 bridgehead atoms. The molecule has 0 radical (unpaired) electrons. The van der Waals surface area contributed by atoms with Crippen molar-refractivity contribution in [2.24, 2.45) is 5.92 Å². The Morgan fingerprint density at radius 1 is 1.33 bits per heavy atom. The van der Waals surface area contributed by atoms with Gasteiger partial charge in [0, 0.05) is 12.3 Å². The molecular formula is C12H14O3. The van der Waals surface area contributed by atoms with Crippen LogP contribution in [0.4, 0.5) is 0 Å². The van der Waals surface area contributed by atoms with E-state index < -0.39 is 0 Å². The molecule has 2 atom stereocenters. The van der Waals surface area contributed by atoms with Crippen LogP contribution in [0.3, 0.4) is 0 Å². The second-order valence-electron chi connectivity index (χ2n) is 3.98. The lowest BCUT2D eigenvalue weighted by molar-refractivity contribution is -0.134. The van der Waals surface area contributed by atoms with Gasteiger partial charge < -0.3 is 9.84 Å². The third-order valence-corrected chi connectivity index (χ3v) is 2.75. The first-order valence-electron chi connectivity index (χ1n) is 5.10. The van der Waals surface area contributed by atoms with Crippen molar-refractivity contribution in [3.05, 3.63) is 29.8 Å². The van der Waals surface area contributed by atoms with E-state index in [9.17, 15) is 4.79 Å². The molecule has 2 unspecified atom stereocenters. The van der Waals surface area contributed by atoms with E-state index in [-0.39, 0.29) is 23.6 Å². The first kappa shape index (κ1) is 10.2. The summed E-state index contributed by atoms with van der Waals surface area (Å²) in [4.78, 5) is 11.5. The minimum atomic E-state index is -0.144. The van der Waals surface area contributed by atoms with Crippen molar-refractivity contribution in [3.63, 3.8) is 0 Å². The number of benzene rings is 1. The zero-order valence-corrected chi connectivity index (χ0v) is 8.64. The lowest BCUT2D eigenvalue weighted by atomic mass is 9.95. The van der Waals surface area contributed by atoms with Crippen molar-refractivity contribution in [2.75, 3.05) is 6.61 Å². The molecule has 1 aromatic rings. The molecule has 0 spiro atoms. The minimum absolute atomic E-state index is 0.0124. The molecule has 2 rings (SSSR count). The molecule has 0 aromatic heterocycles. The van der Waals surface area contributed by atoms with E-state index in [4.69, 9.17) is 9.84 Å². The average molecular weight is 206 g/mol.